The molecule has 0 spiro atoms. The third-order valence-corrected chi connectivity index (χ3v) is 5.99. The highest BCUT2D eigenvalue weighted by Crippen LogP contribution is 2.32. The maximum Gasteiger partial charge on any atom is -0.0125 e. The lowest BCUT2D eigenvalue weighted by atomic mass is 9.92. The second-order valence-electron chi connectivity index (χ2n) is 6.50. The molecule has 3 heteroatoms. The first-order valence-electron chi connectivity index (χ1n) is 8.53. The first-order chi connectivity index (χ1) is 12.0. The summed E-state index contributed by atoms with van der Waals surface area (Å²) in [7, 11) is 8.46. The minimum Gasteiger partial charge on any atom is -0.133 e. The molecule has 0 amide bonds. The zero-order valence-electron chi connectivity index (χ0n) is 14.8. The standard InChI is InChI=1S/C22H25P3/c1-14-3-4-17(21-8-7-20(25)9-15(21)2)11-22(14)16-5-6-18(12-23)19(10-16)13-24/h3-11H,12-13,23-25H2,1-2H3. The number of hydrogen-bond donors (Lipinski definition) is 0. The van der Waals surface area contributed by atoms with Crippen molar-refractivity contribution in [2.45, 2.75) is 26.2 Å². The van der Waals surface area contributed by atoms with Crippen LogP contribution in [0.4, 0.5) is 0 Å². The van der Waals surface area contributed by atoms with Crippen molar-refractivity contribution in [2.75, 3.05) is 0 Å². The van der Waals surface area contributed by atoms with E-state index in [1.807, 2.05) is 0 Å². The molecule has 0 bridgehead atoms. The van der Waals surface area contributed by atoms with Gasteiger partial charge in [-0.25, -0.2) is 0 Å². The molecular weight excluding hydrogens is 357 g/mol. The van der Waals surface area contributed by atoms with Crippen molar-refractivity contribution in [3.63, 3.8) is 0 Å². The second-order valence-corrected chi connectivity index (χ2v) is 7.98. The summed E-state index contributed by atoms with van der Waals surface area (Å²) in [4.78, 5) is 0. The third-order valence-electron chi connectivity index (χ3n) is 4.76. The lowest BCUT2D eigenvalue weighted by molar-refractivity contribution is 1.28. The molecule has 0 radical (unpaired) electrons. The normalized spacial score (nSPS) is 10.9. The monoisotopic (exact) mass is 382 g/mol. The summed E-state index contributed by atoms with van der Waals surface area (Å²) in [5, 5.41) is 1.23. The molecule has 0 N–H and O–H groups in total. The summed E-state index contributed by atoms with van der Waals surface area (Å²) in [6.07, 6.45) is 1.99. The van der Waals surface area contributed by atoms with Gasteiger partial charge in [0.15, 0.2) is 0 Å². The molecule has 0 nitrogen and oxygen atoms in total. The Morgan fingerprint density at radius 1 is 0.640 bits per heavy atom. The van der Waals surface area contributed by atoms with E-state index < -0.39 is 0 Å². The van der Waals surface area contributed by atoms with E-state index in [2.05, 4.69) is 96.2 Å². The van der Waals surface area contributed by atoms with Gasteiger partial charge in [0, 0.05) is 0 Å². The van der Waals surface area contributed by atoms with Crippen LogP contribution < -0.4 is 5.30 Å². The maximum absolute atomic E-state index is 2.86. The van der Waals surface area contributed by atoms with Crippen LogP contribution in [0.1, 0.15) is 22.3 Å². The molecule has 0 saturated heterocycles. The van der Waals surface area contributed by atoms with E-state index in [0.29, 0.717) is 0 Å². The highest BCUT2D eigenvalue weighted by Gasteiger charge is 2.09. The lowest BCUT2D eigenvalue weighted by Crippen LogP contribution is -1.94. The smallest absolute Gasteiger partial charge is 0.0125 e. The Hall–Kier alpha value is -1.05. The van der Waals surface area contributed by atoms with Gasteiger partial charge in [-0.2, -0.15) is 0 Å². The van der Waals surface area contributed by atoms with Gasteiger partial charge >= 0.3 is 0 Å². The molecule has 3 aromatic rings. The average Bonchev–Trinajstić information content (AvgIpc) is 2.62. The van der Waals surface area contributed by atoms with E-state index in [0.717, 1.165) is 12.3 Å². The quantitative estimate of drug-likeness (QED) is 0.494. The van der Waals surface area contributed by atoms with Crippen LogP contribution in [0, 0.1) is 13.8 Å². The fraction of sp³-hybridized carbons (Fsp3) is 0.182. The van der Waals surface area contributed by atoms with Gasteiger partial charge in [0.2, 0.25) is 0 Å². The molecule has 25 heavy (non-hydrogen) atoms. The van der Waals surface area contributed by atoms with Crippen molar-refractivity contribution in [3.05, 3.63) is 76.9 Å². The van der Waals surface area contributed by atoms with E-state index in [1.54, 1.807) is 0 Å². The number of aryl methyl sites for hydroxylation is 2. The Labute approximate surface area is 158 Å². The first kappa shape index (κ1) is 18.7. The predicted octanol–water partition coefficient (Wildman–Crippen LogP) is 5.89. The van der Waals surface area contributed by atoms with Crippen LogP contribution in [0.3, 0.4) is 0 Å². The summed E-state index contributed by atoms with van der Waals surface area (Å²) >= 11 is 0. The fourth-order valence-electron chi connectivity index (χ4n) is 3.29. The summed E-state index contributed by atoms with van der Waals surface area (Å²) in [5.41, 5.74) is 10.7. The molecule has 3 unspecified atom stereocenters. The van der Waals surface area contributed by atoms with Crippen molar-refractivity contribution >= 4 is 33.0 Å². The Balaban J connectivity index is 2.11. The van der Waals surface area contributed by atoms with Crippen LogP contribution in [0.2, 0.25) is 0 Å². The zero-order chi connectivity index (χ0) is 18.0. The zero-order valence-corrected chi connectivity index (χ0v) is 18.3. The number of benzene rings is 3. The third kappa shape index (κ3) is 4.04. The minimum atomic E-state index is 0.991. The van der Waals surface area contributed by atoms with Gasteiger partial charge in [-0.05, 0) is 82.0 Å². The molecule has 3 atom stereocenters. The Kier molecular flexibility index (Phi) is 6.07. The highest BCUT2D eigenvalue weighted by molar-refractivity contribution is 7.27. The van der Waals surface area contributed by atoms with E-state index in [1.165, 1.54) is 49.8 Å². The molecule has 0 aliphatic heterocycles. The van der Waals surface area contributed by atoms with Crippen LogP contribution in [0.25, 0.3) is 22.3 Å². The lowest BCUT2D eigenvalue weighted by Gasteiger charge is -2.14. The first-order valence-corrected chi connectivity index (χ1v) is 10.7. The summed E-state index contributed by atoms with van der Waals surface area (Å²) in [6.45, 7) is 4.38. The maximum atomic E-state index is 2.86. The molecule has 128 valence electrons. The average molecular weight is 382 g/mol. The van der Waals surface area contributed by atoms with Gasteiger partial charge in [-0.3, -0.25) is 0 Å². The molecule has 0 heterocycles. The van der Waals surface area contributed by atoms with E-state index >= 15 is 0 Å². The van der Waals surface area contributed by atoms with Crippen LogP contribution in [0.5, 0.6) is 0 Å². The predicted molar refractivity (Wildman–Crippen MR) is 123 cm³/mol. The Bertz CT molecular complexity index is 913. The van der Waals surface area contributed by atoms with Gasteiger partial charge in [-0.15, -0.1) is 27.7 Å². The Morgan fingerprint density at radius 2 is 1.32 bits per heavy atom. The van der Waals surface area contributed by atoms with Crippen LogP contribution in [0.15, 0.2) is 54.6 Å². The largest absolute Gasteiger partial charge is 0.133 e. The van der Waals surface area contributed by atoms with Gasteiger partial charge < -0.3 is 0 Å². The second kappa shape index (κ2) is 8.10. The van der Waals surface area contributed by atoms with E-state index in [4.69, 9.17) is 0 Å². The van der Waals surface area contributed by atoms with Crippen molar-refractivity contribution in [3.8, 4) is 22.3 Å². The van der Waals surface area contributed by atoms with E-state index in [-0.39, 0.29) is 0 Å². The van der Waals surface area contributed by atoms with Crippen molar-refractivity contribution < 1.29 is 0 Å². The molecule has 3 rings (SSSR count). The summed E-state index contributed by atoms with van der Waals surface area (Å²) < 4.78 is 0. The minimum absolute atomic E-state index is 0.991. The molecule has 3 aromatic carbocycles. The SMILES string of the molecule is Cc1cc(P)ccc1-c1ccc(C)c(-c2ccc(CP)c(CP)c2)c1. The highest BCUT2D eigenvalue weighted by atomic mass is 31.0. The summed E-state index contributed by atoms with van der Waals surface area (Å²) in [6, 6.07) is 20.3. The molecule has 0 fully saturated rings. The molecule has 0 saturated carbocycles. The molecule has 0 aliphatic carbocycles. The van der Waals surface area contributed by atoms with E-state index in [9.17, 15) is 0 Å². The van der Waals surface area contributed by atoms with Crippen LogP contribution >= 0.6 is 27.7 Å². The van der Waals surface area contributed by atoms with Gasteiger partial charge in [0.1, 0.15) is 0 Å². The van der Waals surface area contributed by atoms with Crippen molar-refractivity contribution in [2.24, 2.45) is 0 Å². The molecular formula is C22H25P3. The fourth-order valence-corrected chi connectivity index (χ4v) is 4.42. The number of rotatable bonds is 4. The van der Waals surface area contributed by atoms with Crippen molar-refractivity contribution in [1.82, 2.24) is 0 Å². The van der Waals surface area contributed by atoms with Gasteiger partial charge in [-0.1, -0.05) is 48.5 Å². The van der Waals surface area contributed by atoms with Gasteiger partial charge in [0.05, 0.1) is 0 Å². The van der Waals surface area contributed by atoms with Gasteiger partial charge in [0.25, 0.3) is 0 Å². The van der Waals surface area contributed by atoms with Crippen LogP contribution in [-0.4, -0.2) is 0 Å². The van der Waals surface area contributed by atoms with Crippen molar-refractivity contribution in [1.29, 1.82) is 0 Å². The molecule has 0 aliphatic rings. The van der Waals surface area contributed by atoms with Crippen LogP contribution in [-0.2, 0) is 12.3 Å². The summed E-state index contributed by atoms with van der Waals surface area (Å²) in [5.74, 6) is 0. The molecule has 0 aromatic heterocycles. The number of hydrogen-bond acceptors (Lipinski definition) is 0. The Morgan fingerprint density at radius 3 is 2.00 bits per heavy atom. The topological polar surface area (TPSA) is 0 Å².